The van der Waals surface area contributed by atoms with E-state index < -0.39 is 0 Å². The Hall–Kier alpha value is -1.81. The largest absolute Gasteiger partial charge is 0.508 e. The number of phenolic OH excluding ortho intramolecular Hbond substituents is 1. The Labute approximate surface area is 107 Å². The molecular formula is C14H19NO3. The predicted molar refractivity (Wildman–Crippen MR) is 71.1 cm³/mol. The number of benzene rings is 1. The molecule has 0 radical (unpaired) electrons. The van der Waals surface area contributed by atoms with E-state index in [1.54, 1.807) is 37.3 Å². The number of carbonyl (C=O) groups is 1. The summed E-state index contributed by atoms with van der Waals surface area (Å²) in [7, 11) is 0. The van der Waals surface area contributed by atoms with Crippen molar-refractivity contribution in [3.8, 4) is 5.75 Å². The van der Waals surface area contributed by atoms with E-state index in [-0.39, 0.29) is 17.8 Å². The highest BCUT2D eigenvalue weighted by molar-refractivity contribution is 5.91. The van der Waals surface area contributed by atoms with Crippen molar-refractivity contribution < 1.29 is 15.0 Å². The van der Waals surface area contributed by atoms with Gasteiger partial charge >= 0.3 is 0 Å². The molecule has 1 unspecified atom stereocenters. The molecule has 0 saturated carbocycles. The van der Waals surface area contributed by atoms with E-state index in [1.807, 2.05) is 0 Å². The highest BCUT2D eigenvalue weighted by Gasteiger charge is 1.97. The van der Waals surface area contributed by atoms with Crippen LogP contribution in [-0.4, -0.2) is 28.8 Å². The Morgan fingerprint density at radius 2 is 2.06 bits per heavy atom. The van der Waals surface area contributed by atoms with Gasteiger partial charge in [0.15, 0.2) is 0 Å². The molecule has 1 aromatic carbocycles. The van der Waals surface area contributed by atoms with Gasteiger partial charge in [0.2, 0.25) is 5.91 Å². The lowest BCUT2D eigenvalue weighted by Crippen LogP contribution is -2.22. The molecule has 0 aliphatic rings. The van der Waals surface area contributed by atoms with E-state index in [2.05, 4.69) is 5.32 Å². The number of aromatic hydroxyl groups is 1. The van der Waals surface area contributed by atoms with E-state index >= 15 is 0 Å². The fourth-order valence-electron chi connectivity index (χ4n) is 1.43. The molecule has 4 nitrogen and oxygen atoms in total. The topological polar surface area (TPSA) is 69.6 Å². The lowest BCUT2D eigenvalue weighted by molar-refractivity contribution is -0.116. The number of hydrogen-bond acceptors (Lipinski definition) is 3. The number of phenols is 1. The number of aliphatic hydroxyl groups is 1. The van der Waals surface area contributed by atoms with Crippen molar-refractivity contribution in [3.05, 3.63) is 35.9 Å². The second kappa shape index (κ2) is 7.50. The summed E-state index contributed by atoms with van der Waals surface area (Å²) in [6.07, 6.45) is 4.26. The quantitative estimate of drug-likeness (QED) is 0.530. The van der Waals surface area contributed by atoms with Crippen molar-refractivity contribution in [3.63, 3.8) is 0 Å². The molecule has 1 aromatic rings. The Balaban J connectivity index is 2.29. The molecule has 0 aliphatic heterocycles. The third-order valence-electron chi connectivity index (χ3n) is 2.42. The molecule has 98 valence electrons. The standard InChI is InChI=1S/C14H19NO3/c1-11(16)3-2-10-15-14(18)9-6-12-4-7-13(17)8-5-12/h4-9,11,16-17H,2-3,10H2,1H3,(H,15,18)/b9-6+. The van der Waals surface area contributed by atoms with E-state index in [1.165, 1.54) is 6.08 Å². The molecule has 0 saturated heterocycles. The van der Waals surface area contributed by atoms with E-state index in [0.717, 1.165) is 12.0 Å². The van der Waals surface area contributed by atoms with E-state index in [0.29, 0.717) is 13.0 Å². The van der Waals surface area contributed by atoms with Gasteiger partial charge in [-0.1, -0.05) is 12.1 Å². The van der Waals surface area contributed by atoms with Gasteiger partial charge in [-0.2, -0.15) is 0 Å². The van der Waals surface area contributed by atoms with Crippen LogP contribution in [0.1, 0.15) is 25.3 Å². The lowest BCUT2D eigenvalue weighted by Gasteiger charge is -2.04. The fourth-order valence-corrected chi connectivity index (χ4v) is 1.43. The predicted octanol–water partition coefficient (Wildman–Crippen LogP) is 1.68. The van der Waals surface area contributed by atoms with Gasteiger partial charge in [-0.3, -0.25) is 4.79 Å². The first-order chi connectivity index (χ1) is 8.58. The molecule has 0 heterocycles. The van der Waals surface area contributed by atoms with Crippen LogP contribution in [0.5, 0.6) is 5.75 Å². The van der Waals surface area contributed by atoms with Gasteiger partial charge < -0.3 is 15.5 Å². The van der Waals surface area contributed by atoms with Crippen LogP contribution in [0.3, 0.4) is 0 Å². The minimum Gasteiger partial charge on any atom is -0.508 e. The highest BCUT2D eigenvalue weighted by atomic mass is 16.3. The van der Waals surface area contributed by atoms with Crippen molar-refractivity contribution in [2.75, 3.05) is 6.54 Å². The molecule has 0 aromatic heterocycles. The number of amides is 1. The van der Waals surface area contributed by atoms with E-state index in [4.69, 9.17) is 10.2 Å². The molecule has 18 heavy (non-hydrogen) atoms. The number of hydrogen-bond donors (Lipinski definition) is 3. The van der Waals surface area contributed by atoms with Crippen LogP contribution in [0.15, 0.2) is 30.3 Å². The summed E-state index contributed by atoms with van der Waals surface area (Å²) in [5, 5.41) is 20.9. The average Bonchev–Trinajstić information content (AvgIpc) is 2.34. The summed E-state index contributed by atoms with van der Waals surface area (Å²) in [5.74, 6) is 0.0448. The molecule has 1 rings (SSSR count). The molecule has 3 N–H and O–H groups in total. The van der Waals surface area contributed by atoms with Gasteiger partial charge in [-0.25, -0.2) is 0 Å². The summed E-state index contributed by atoms with van der Waals surface area (Å²) < 4.78 is 0. The van der Waals surface area contributed by atoms with Gasteiger partial charge in [0.05, 0.1) is 6.10 Å². The summed E-state index contributed by atoms with van der Waals surface area (Å²) in [6, 6.07) is 6.60. The smallest absolute Gasteiger partial charge is 0.243 e. The van der Waals surface area contributed by atoms with Crippen LogP contribution in [0.4, 0.5) is 0 Å². The third-order valence-corrected chi connectivity index (χ3v) is 2.42. The first-order valence-corrected chi connectivity index (χ1v) is 6.01. The second-order valence-corrected chi connectivity index (χ2v) is 4.21. The Kier molecular flexibility index (Phi) is 5.94. The average molecular weight is 249 g/mol. The molecule has 4 heteroatoms. The minimum atomic E-state index is -0.325. The van der Waals surface area contributed by atoms with Crippen LogP contribution >= 0.6 is 0 Å². The van der Waals surface area contributed by atoms with Crippen LogP contribution in [0.25, 0.3) is 6.08 Å². The third kappa shape index (κ3) is 6.06. The Morgan fingerprint density at radius 3 is 2.67 bits per heavy atom. The molecule has 1 atom stereocenters. The van der Waals surface area contributed by atoms with E-state index in [9.17, 15) is 4.79 Å². The monoisotopic (exact) mass is 249 g/mol. The van der Waals surface area contributed by atoms with Gasteiger partial charge in [-0.15, -0.1) is 0 Å². The first-order valence-electron chi connectivity index (χ1n) is 6.01. The van der Waals surface area contributed by atoms with Gasteiger partial charge in [0, 0.05) is 12.6 Å². The molecule has 0 fully saturated rings. The Bertz CT molecular complexity index is 396. The van der Waals surface area contributed by atoms with Crippen LogP contribution in [0, 0.1) is 0 Å². The zero-order valence-electron chi connectivity index (χ0n) is 10.5. The van der Waals surface area contributed by atoms with Gasteiger partial charge in [0.1, 0.15) is 5.75 Å². The summed E-state index contributed by atoms with van der Waals surface area (Å²) in [5.41, 5.74) is 0.854. The minimum absolute atomic E-state index is 0.159. The van der Waals surface area contributed by atoms with Crippen LogP contribution < -0.4 is 5.32 Å². The maximum Gasteiger partial charge on any atom is 0.243 e. The van der Waals surface area contributed by atoms with Crippen molar-refractivity contribution in [2.45, 2.75) is 25.9 Å². The molecule has 1 amide bonds. The van der Waals surface area contributed by atoms with Crippen molar-refractivity contribution >= 4 is 12.0 Å². The maximum atomic E-state index is 11.4. The zero-order valence-corrected chi connectivity index (χ0v) is 10.5. The van der Waals surface area contributed by atoms with Crippen LogP contribution in [-0.2, 0) is 4.79 Å². The molecule has 0 aliphatic carbocycles. The zero-order chi connectivity index (χ0) is 13.4. The SMILES string of the molecule is CC(O)CCCNC(=O)/C=C/c1ccc(O)cc1. The molecular weight excluding hydrogens is 230 g/mol. The van der Waals surface area contributed by atoms with Crippen molar-refractivity contribution in [1.29, 1.82) is 0 Å². The van der Waals surface area contributed by atoms with Crippen molar-refractivity contribution in [2.24, 2.45) is 0 Å². The maximum absolute atomic E-state index is 11.4. The van der Waals surface area contributed by atoms with Crippen molar-refractivity contribution in [1.82, 2.24) is 5.32 Å². The first kappa shape index (κ1) is 14.3. The summed E-state index contributed by atoms with van der Waals surface area (Å²) in [4.78, 5) is 11.4. The lowest BCUT2D eigenvalue weighted by atomic mass is 10.2. The number of nitrogens with one attached hydrogen (secondary N) is 1. The molecule has 0 spiro atoms. The van der Waals surface area contributed by atoms with Gasteiger partial charge in [-0.05, 0) is 43.5 Å². The second-order valence-electron chi connectivity index (χ2n) is 4.21. The highest BCUT2D eigenvalue weighted by Crippen LogP contribution is 2.10. The fraction of sp³-hybridized carbons (Fsp3) is 0.357. The Morgan fingerprint density at radius 1 is 1.39 bits per heavy atom. The normalized spacial score (nSPS) is 12.6. The number of aliphatic hydroxyl groups excluding tert-OH is 1. The summed E-state index contributed by atoms with van der Waals surface area (Å²) >= 11 is 0. The number of carbonyl (C=O) groups excluding carboxylic acids is 1. The van der Waals surface area contributed by atoms with Gasteiger partial charge in [0.25, 0.3) is 0 Å². The number of rotatable bonds is 6. The molecule has 0 bridgehead atoms. The summed E-state index contributed by atoms with van der Waals surface area (Å²) in [6.45, 7) is 2.29. The van der Waals surface area contributed by atoms with Crippen LogP contribution in [0.2, 0.25) is 0 Å².